The van der Waals surface area contributed by atoms with Gasteiger partial charge < -0.3 is 9.80 Å². The summed E-state index contributed by atoms with van der Waals surface area (Å²) in [5, 5.41) is 12.7. The van der Waals surface area contributed by atoms with Gasteiger partial charge in [-0.1, -0.05) is 6.92 Å². The van der Waals surface area contributed by atoms with Crippen LogP contribution in [-0.4, -0.2) is 61.7 Å². The maximum absolute atomic E-state index is 9.36. The van der Waals surface area contributed by atoms with Gasteiger partial charge >= 0.3 is 0 Å². The van der Waals surface area contributed by atoms with Gasteiger partial charge in [0.05, 0.1) is 6.07 Å². The lowest BCUT2D eigenvalue weighted by Gasteiger charge is -2.49. The highest BCUT2D eigenvalue weighted by Crippen LogP contribution is 2.36. The lowest BCUT2D eigenvalue weighted by atomic mass is 9.75. The molecule has 0 saturated heterocycles. The number of hydrogen-bond donors (Lipinski definition) is 1. The van der Waals surface area contributed by atoms with Crippen molar-refractivity contribution in [3.63, 3.8) is 0 Å². The molecule has 1 rings (SSSR count). The third-order valence-corrected chi connectivity index (χ3v) is 4.80. The zero-order chi connectivity index (χ0) is 15.2. The van der Waals surface area contributed by atoms with E-state index in [1.165, 1.54) is 19.3 Å². The van der Waals surface area contributed by atoms with Gasteiger partial charge in [0.1, 0.15) is 5.54 Å². The second kappa shape index (κ2) is 7.40. The number of nitrogens with zero attached hydrogens (tertiary/aromatic N) is 3. The third kappa shape index (κ3) is 4.44. The van der Waals surface area contributed by atoms with Crippen molar-refractivity contribution < 1.29 is 0 Å². The van der Waals surface area contributed by atoms with Crippen molar-refractivity contribution >= 4 is 0 Å². The Morgan fingerprint density at radius 3 is 2.35 bits per heavy atom. The summed E-state index contributed by atoms with van der Waals surface area (Å²) in [5.41, 5.74) is -0.0240. The fourth-order valence-corrected chi connectivity index (χ4v) is 2.91. The molecule has 20 heavy (non-hydrogen) atoms. The Bertz CT molecular complexity index is 330. The predicted octanol–water partition coefficient (Wildman–Crippen LogP) is 2.07. The second-order valence-corrected chi connectivity index (χ2v) is 6.83. The Morgan fingerprint density at radius 1 is 1.30 bits per heavy atom. The molecule has 0 aliphatic heterocycles. The Balaban J connectivity index is 2.42. The van der Waals surface area contributed by atoms with Crippen molar-refractivity contribution in [1.29, 1.82) is 5.26 Å². The van der Waals surface area contributed by atoms with E-state index in [9.17, 15) is 5.26 Å². The number of nitriles is 1. The van der Waals surface area contributed by atoms with Gasteiger partial charge in [-0.2, -0.15) is 5.26 Å². The largest absolute Gasteiger partial charge is 0.304 e. The smallest absolute Gasteiger partial charge is 0.105 e. The average molecular weight is 280 g/mol. The monoisotopic (exact) mass is 280 g/mol. The van der Waals surface area contributed by atoms with Crippen molar-refractivity contribution in [2.75, 3.05) is 40.8 Å². The van der Waals surface area contributed by atoms with Gasteiger partial charge in [-0.15, -0.1) is 0 Å². The molecule has 0 heterocycles. The van der Waals surface area contributed by atoms with Crippen molar-refractivity contribution in [2.45, 2.75) is 57.0 Å². The van der Waals surface area contributed by atoms with E-state index in [-0.39, 0.29) is 0 Å². The van der Waals surface area contributed by atoms with E-state index in [2.05, 4.69) is 49.3 Å². The van der Waals surface area contributed by atoms with Crippen LogP contribution in [0, 0.1) is 11.3 Å². The lowest BCUT2D eigenvalue weighted by molar-refractivity contribution is 0.0265. The molecular formula is C16H32N4. The van der Waals surface area contributed by atoms with Crippen LogP contribution in [0.1, 0.15) is 46.0 Å². The summed E-state index contributed by atoms with van der Waals surface area (Å²) >= 11 is 0. The SMILES string of the molecule is CCCNC(C)(C#N)CCN(C)CC1(N(C)C)CCC1. The molecule has 1 saturated carbocycles. The Labute approximate surface area is 125 Å². The number of rotatable bonds is 9. The van der Waals surface area contributed by atoms with E-state index in [0.29, 0.717) is 5.54 Å². The topological polar surface area (TPSA) is 42.3 Å². The highest BCUT2D eigenvalue weighted by atomic mass is 15.2. The van der Waals surface area contributed by atoms with E-state index in [1.807, 2.05) is 6.92 Å². The fraction of sp³-hybridized carbons (Fsp3) is 0.938. The first-order chi connectivity index (χ1) is 9.37. The molecule has 1 aliphatic rings. The molecule has 1 fully saturated rings. The van der Waals surface area contributed by atoms with Crippen LogP contribution in [0.5, 0.6) is 0 Å². The molecule has 1 atom stereocenters. The van der Waals surface area contributed by atoms with E-state index < -0.39 is 5.54 Å². The zero-order valence-electron chi connectivity index (χ0n) is 14.0. The first-order valence-electron chi connectivity index (χ1n) is 7.90. The molecule has 1 aliphatic carbocycles. The quantitative estimate of drug-likeness (QED) is 0.702. The number of likely N-dealkylation sites (N-methyl/N-ethyl adjacent to an activating group) is 2. The molecule has 116 valence electrons. The van der Waals surface area contributed by atoms with Gasteiger partial charge in [0.25, 0.3) is 0 Å². The fourth-order valence-electron chi connectivity index (χ4n) is 2.91. The molecule has 0 radical (unpaired) electrons. The van der Waals surface area contributed by atoms with E-state index >= 15 is 0 Å². The first kappa shape index (κ1) is 17.4. The Kier molecular flexibility index (Phi) is 6.44. The van der Waals surface area contributed by atoms with Crippen LogP contribution in [0.3, 0.4) is 0 Å². The molecule has 0 aromatic rings. The van der Waals surface area contributed by atoms with Crippen LogP contribution < -0.4 is 5.32 Å². The minimum atomic E-state index is -0.394. The van der Waals surface area contributed by atoms with Crippen LogP contribution >= 0.6 is 0 Å². The Hall–Kier alpha value is -0.630. The van der Waals surface area contributed by atoms with E-state index in [0.717, 1.165) is 32.5 Å². The Morgan fingerprint density at radius 2 is 1.95 bits per heavy atom. The normalized spacial score (nSPS) is 20.5. The molecule has 0 bridgehead atoms. The summed E-state index contributed by atoms with van der Waals surface area (Å²) in [5.74, 6) is 0. The van der Waals surface area contributed by atoms with Gasteiger partial charge in [-0.3, -0.25) is 5.32 Å². The molecule has 4 heteroatoms. The van der Waals surface area contributed by atoms with Crippen molar-refractivity contribution in [1.82, 2.24) is 15.1 Å². The molecule has 1 unspecified atom stereocenters. The summed E-state index contributed by atoms with van der Waals surface area (Å²) in [7, 11) is 6.56. The minimum absolute atomic E-state index is 0.370. The number of nitrogens with one attached hydrogen (secondary N) is 1. The number of hydrogen-bond acceptors (Lipinski definition) is 4. The molecule has 1 N–H and O–H groups in total. The standard InChI is InChI=1S/C16H32N4/c1-6-11-18-15(2,13-17)10-12-20(5)14-16(19(3)4)8-7-9-16/h18H,6-12,14H2,1-5H3. The van der Waals surface area contributed by atoms with Gasteiger partial charge in [-0.05, 0) is 66.7 Å². The molecular weight excluding hydrogens is 248 g/mol. The summed E-state index contributed by atoms with van der Waals surface area (Å²) in [6, 6.07) is 2.43. The van der Waals surface area contributed by atoms with Crippen LogP contribution in [-0.2, 0) is 0 Å². The van der Waals surface area contributed by atoms with Crippen molar-refractivity contribution in [3.05, 3.63) is 0 Å². The molecule has 4 nitrogen and oxygen atoms in total. The molecule has 0 spiro atoms. The average Bonchev–Trinajstić information content (AvgIpc) is 2.38. The lowest BCUT2D eigenvalue weighted by Crippen LogP contribution is -2.57. The van der Waals surface area contributed by atoms with Gasteiger partial charge in [0.2, 0.25) is 0 Å². The highest BCUT2D eigenvalue weighted by molar-refractivity contribution is 5.04. The van der Waals surface area contributed by atoms with Gasteiger partial charge in [0.15, 0.2) is 0 Å². The highest BCUT2D eigenvalue weighted by Gasteiger charge is 2.39. The van der Waals surface area contributed by atoms with Crippen LogP contribution in [0.15, 0.2) is 0 Å². The van der Waals surface area contributed by atoms with Gasteiger partial charge in [-0.25, -0.2) is 0 Å². The molecule has 0 amide bonds. The summed E-state index contributed by atoms with van der Waals surface area (Å²) < 4.78 is 0. The maximum atomic E-state index is 9.36. The van der Waals surface area contributed by atoms with Crippen LogP contribution in [0.2, 0.25) is 0 Å². The zero-order valence-corrected chi connectivity index (χ0v) is 14.0. The maximum Gasteiger partial charge on any atom is 0.105 e. The molecule has 0 aromatic carbocycles. The summed E-state index contributed by atoms with van der Waals surface area (Å²) in [4.78, 5) is 4.77. The summed E-state index contributed by atoms with van der Waals surface area (Å²) in [6.07, 6.45) is 5.89. The van der Waals surface area contributed by atoms with Crippen LogP contribution in [0.4, 0.5) is 0 Å². The van der Waals surface area contributed by atoms with Crippen molar-refractivity contribution in [3.8, 4) is 6.07 Å². The molecule has 0 aromatic heterocycles. The van der Waals surface area contributed by atoms with E-state index in [1.54, 1.807) is 0 Å². The van der Waals surface area contributed by atoms with Gasteiger partial charge in [0, 0.05) is 18.6 Å². The second-order valence-electron chi connectivity index (χ2n) is 6.83. The first-order valence-corrected chi connectivity index (χ1v) is 7.90. The van der Waals surface area contributed by atoms with Crippen molar-refractivity contribution in [2.24, 2.45) is 0 Å². The minimum Gasteiger partial charge on any atom is -0.304 e. The third-order valence-electron chi connectivity index (χ3n) is 4.80. The van der Waals surface area contributed by atoms with Crippen LogP contribution in [0.25, 0.3) is 0 Å². The summed E-state index contributed by atoms with van der Waals surface area (Å²) in [6.45, 7) is 7.14. The predicted molar refractivity (Wildman–Crippen MR) is 84.7 cm³/mol. The van der Waals surface area contributed by atoms with E-state index in [4.69, 9.17) is 0 Å².